The molecule has 0 spiro atoms. The molecule has 5 aromatic rings. The van der Waals surface area contributed by atoms with Gasteiger partial charge in [-0.3, -0.25) is 14.8 Å². The van der Waals surface area contributed by atoms with E-state index in [1.165, 1.54) is 10.4 Å². The zero-order valence-corrected chi connectivity index (χ0v) is 19.1. The Kier molecular flexibility index (Phi) is 4.88. The van der Waals surface area contributed by atoms with Crippen molar-refractivity contribution >= 4 is 27.7 Å². The van der Waals surface area contributed by atoms with Crippen LogP contribution in [0.4, 0.5) is 0 Å². The van der Waals surface area contributed by atoms with E-state index in [4.69, 9.17) is 0 Å². The van der Waals surface area contributed by atoms with Crippen molar-refractivity contribution < 1.29 is 4.79 Å². The van der Waals surface area contributed by atoms with E-state index >= 15 is 0 Å². The van der Waals surface area contributed by atoms with Gasteiger partial charge in [0, 0.05) is 61.5 Å². The predicted octanol–water partition coefficient (Wildman–Crippen LogP) is 2.57. The van der Waals surface area contributed by atoms with Crippen LogP contribution in [0, 0.1) is 0 Å². The SMILES string of the molecule is CC(=O)N1CCN(Cc2ccc3[nH]c(-c4n[nH]c5cc(-c6nnn(C)n6)ccc45)cc3c2)CC1. The summed E-state index contributed by atoms with van der Waals surface area (Å²) in [4.78, 5) is 20.8. The van der Waals surface area contributed by atoms with Crippen LogP contribution in [0.5, 0.6) is 0 Å². The van der Waals surface area contributed by atoms with Crippen molar-refractivity contribution in [1.29, 1.82) is 0 Å². The molecule has 1 aliphatic heterocycles. The Morgan fingerprint density at radius 2 is 1.88 bits per heavy atom. The maximum Gasteiger partial charge on any atom is 0.219 e. The number of hydrogen-bond acceptors (Lipinski definition) is 6. The molecule has 6 rings (SSSR count). The first-order valence-electron chi connectivity index (χ1n) is 11.4. The Morgan fingerprint density at radius 1 is 1.03 bits per heavy atom. The third-order valence-corrected chi connectivity index (χ3v) is 6.49. The van der Waals surface area contributed by atoms with Gasteiger partial charge in [-0.05, 0) is 41.1 Å². The average molecular weight is 456 g/mol. The Bertz CT molecular complexity index is 1500. The molecule has 34 heavy (non-hydrogen) atoms. The smallest absolute Gasteiger partial charge is 0.219 e. The van der Waals surface area contributed by atoms with Crippen molar-refractivity contribution in [2.45, 2.75) is 13.5 Å². The molecule has 0 atom stereocenters. The molecule has 3 aromatic heterocycles. The predicted molar refractivity (Wildman–Crippen MR) is 129 cm³/mol. The van der Waals surface area contributed by atoms with E-state index in [9.17, 15) is 4.79 Å². The van der Waals surface area contributed by atoms with E-state index in [2.05, 4.69) is 59.8 Å². The van der Waals surface area contributed by atoms with E-state index in [0.717, 1.165) is 71.5 Å². The molecular formula is C24H25N9O. The lowest BCUT2D eigenvalue weighted by Gasteiger charge is -2.34. The first-order chi connectivity index (χ1) is 16.5. The van der Waals surface area contributed by atoms with Crippen LogP contribution in [-0.2, 0) is 18.4 Å². The molecule has 0 bridgehead atoms. The molecule has 1 saturated heterocycles. The van der Waals surface area contributed by atoms with Gasteiger partial charge in [0.25, 0.3) is 0 Å². The van der Waals surface area contributed by atoms with Gasteiger partial charge in [0.15, 0.2) is 0 Å². The van der Waals surface area contributed by atoms with Crippen LogP contribution in [0.2, 0.25) is 0 Å². The number of carbonyl (C=O) groups is 1. The summed E-state index contributed by atoms with van der Waals surface area (Å²) in [6.45, 7) is 5.93. The molecule has 0 saturated carbocycles. The van der Waals surface area contributed by atoms with E-state index in [1.54, 1.807) is 14.0 Å². The minimum atomic E-state index is 0.161. The monoisotopic (exact) mass is 455 g/mol. The fourth-order valence-corrected chi connectivity index (χ4v) is 4.65. The summed E-state index contributed by atoms with van der Waals surface area (Å²) in [6, 6.07) is 14.7. The number of nitrogens with one attached hydrogen (secondary N) is 2. The van der Waals surface area contributed by atoms with Crippen LogP contribution in [0.25, 0.3) is 44.6 Å². The molecule has 1 aliphatic rings. The highest BCUT2D eigenvalue weighted by Gasteiger charge is 2.19. The number of nitrogens with zero attached hydrogens (tertiary/aromatic N) is 7. The van der Waals surface area contributed by atoms with Crippen molar-refractivity contribution in [3.63, 3.8) is 0 Å². The second-order valence-electron chi connectivity index (χ2n) is 8.82. The Morgan fingerprint density at radius 3 is 2.65 bits per heavy atom. The number of piperazine rings is 1. The first kappa shape index (κ1) is 20.5. The minimum Gasteiger partial charge on any atom is -0.353 e. The molecular weight excluding hydrogens is 430 g/mol. The van der Waals surface area contributed by atoms with E-state index in [1.807, 2.05) is 23.1 Å². The van der Waals surface area contributed by atoms with Gasteiger partial charge in [0.2, 0.25) is 11.7 Å². The number of fused-ring (bicyclic) bond motifs is 2. The molecule has 0 unspecified atom stereocenters. The number of aromatic amines is 2. The lowest BCUT2D eigenvalue weighted by molar-refractivity contribution is -0.130. The molecule has 2 aromatic carbocycles. The highest BCUT2D eigenvalue weighted by atomic mass is 16.2. The van der Waals surface area contributed by atoms with Crippen molar-refractivity contribution in [3.05, 3.63) is 48.0 Å². The van der Waals surface area contributed by atoms with Gasteiger partial charge < -0.3 is 9.88 Å². The van der Waals surface area contributed by atoms with Gasteiger partial charge in [-0.1, -0.05) is 12.1 Å². The maximum atomic E-state index is 11.6. The number of benzene rings is 2. The number of H-pyrrole nitrogens is 2. The Balaban J connectivity index is 1.24. The Hall–Kier alpha value is -4.05. The summed E-state index contributed by atoms with van der Waals surface area (Å²) in [5, 5.41) is 22.2. The molecule has 10 nitrogen and oxygen atoms in total. The summed E-state index contributed by atoms with van der Waals surface area (Å²) in [6.07, 6.45) is 0. The van der Waals surface area contributed by atoms with Gasteiger partial charge in [-0.25, -0.2) is 0 Å². The summed E-state index contributed by atoms with van der Waals surface area (Å²) in [5.74, 6) is 0.745. The average Bonchev–Trinajstić information content (AvgIpc) is 3.56. The molecule has 1 fully saturated rings. The zero-order valence-electron chi connectivity index (χ0n) is 19.1. The normalized spacial score (nSPS) is 14.9. The van der Waals surface area contributed by atoms with Crippen molar-refractivity contribution in [2.24, 2.45) is 7.05 Å². The minimum absolute atomic E-state index is 0.161. The molecule has 172 valence electrons. The number of rotatable bonds is 4. The summed E-state index contributed by atoms with van der Waals surface area (Å²) >= 11 is 0. The third kappa shape index (κ3) is 3.71. The number of hydrogen-bond donors (Lipinski definition) is 2. The number of carbonyl (C=O) groups excluding carboxylic acids is 1. The van der Waals surface area contributed by atoms with Gasteiger partial charge in [0.05, 0.1) is 18.3 Å². The number of aryl methyl sites for hydroxylation is 1. The zero-order chi connectivity index (χ0) is 23.2. The lowest BCUT2D eigenvalue weighted by Crippen LogP contribution is -2.47. The second-order valence-corrected chi connectivity index (χ2v) is 8.82. The standard InChI is InChI=1S/C24H25N9O/c1-15(34)33-9-7-32(8-10-33)14-16-3-6-20-18(11-16)13-22(25-20)23-19-5-4-17(12-21(19)26-27-23)24-28-30-31(2)29-24/h3-6,11-13,25H,7-10,14H2,1-2H3,(H,26,27). The molecule has 0 radical (unpaired) electrons. The molecule has 4 heterocycles. The number of aromatic nitrogens is 7. The maximum absolute atomic E-state index is 11.6. The van der Waals surface area contributed by atoms with Gasteiger partial charge in [-0.2, -0.15) is 9.90 Å². The first-order valence-corrected chi connectivity index (χ1v) is 11.4. The van der Waals surface area contributed by atoms with E-state index < -0.39 is 0 Å². The molecule has 10 heteroatoms. The lowest BCUT2D eigenvalue weighted by atomic mass is 10.1. The fraction of sp³-hybridized carbons (Fsp3) is 0.292. The van der Waals surface area contributed by atoms with E-state index in [-0.39, 0.29) is 5.91 Å². The van der Waals surface area contributed by atoms with Gasteiger partial charge >= 0.3 is 0 Å². The number of tetrazole rings is 1. The summed E-state index contributed by atoms with van der Waals surface area (Å²) in [7, 11) is 1.75. The van der Waals surface area contributed by atoms with Crippen LogP contribution in [-0.4, -0.2) is 77.3 Å². The van der Waals surface area contributed by atoms with Crippen molar-refractivity contribution in [3.8, 4) is 22.8 Å². The Labute approximate surface area is 195 Å². The van der Waals surface area contributed by atoms with Crippen LogP contribution < -0.4 is 0 Å². The summed E-state index contributed by atoms with van der Waals surface area (Å²) in [5.41, 5.74) is 6.01. The van der Waals surface area contributed by atoms with Crippen LogP contribution in [0.3, 0.4) is 0 Å². The third-order valence-electron chi connectivity index (χ3n) is 6.49. The fourth-order valence-electron chi connectivity index (χ4n) is 4.65. The molecule has 0 aliphatic carbocycles. The van der Waals surface area contributed by atoms with Crippen molar-refractivity contribution in [1.82, 2.24) is 45.2 Å². The molecule has 1 amide bonds. The topological polar surface area (TPSA) is 112 Å². The van der Waals surface area contributed by atoms with Gasteiger partial charge in [0.1, 0.15) is 5.69 Å². The molecule has 2 N–H and O–H groups in total. The van der Waals surface area contributed by atoms with Gasteiger partial charge in [-0.15, -0.1) is 10.2 Å². The second kappa shape index (κ2) is 8.07. The summed E-state index contributed by atoms with van der Waals surface area (Å²) < 4.78 is 0. The quantitative estimate of drug-likeness (QED) is 0.431. The highest BCUT2D eigenvalue weighted by Crippen LogP contribution is 2.31. The van der Waals surface area contributed by atoms with E-state index in [0.29, 0.717) is 5.82 Å². The van der Waals surface area contributed by atoms with Crippen LogP contribution >= 0.6 is 0 Å². The van der Waals surface area contributed by atoms with Crippen molar-refractivity contribution in [2.75, 3.05) is 26.2 Å². The van der Waals surface area contributed by atoms with Crippen LogP contribution in [0.1, 0.15) is 12.5 Å². The van der Waals surface area contributed by atoms with Crippen LogP contribution in [0.15, 0.2) is 42.5 Å². The largest absolute Gasteiger partial charge is 0.353 e. The number of amides is 1. The highest BCUT2D eigenvalue weighted by molar-refractivity contribution is 5.97.